The molecule has 21 heavy (non-hydrogen) atoms. The van der Waals surface area contributed by atoms with Crippen LogP contribution in [0.3, 0.4) is 0 Å². The van der Waals surface area contributed by atoms with Gasteiger partial charge in [0.25, 0.3) is 5.91 Å². The Labute approximate surface area is 133 Å². The summed E-state index contributed by atoms with van der Waals surface area (Å²) < 4.78 is 0.936. The predicted octanol–water partition coefficient (Wildman–Crippen LogP) is 3.72. The number of carbonyl (C=O) groups is 1. The van der Waals surface area contributed by atoms with Gasteiger partial charge in [-0.05, 0) is 31.0 Å². The lowest BCUT2D eigenvalue weighted by Crippen LogP contribution is -2.37. The van der Waals surface area contributed by atoms with Gasteiger partial charge in [0.05, 0.1) is 0 Å². The molecule has 1 saturated carbocycles. The number of halogens is 1. The van der Waals surface area contributed by atoms with Gasteiger partial charge in [-0.25, -0.2) is 0 Å². The van der Waals surface area contributed by atoms with E-state index >= 15 is 0 Å². The Hall–Kier alpha value is -1.80. The highest BCUT2D eigenvalue weighted by molar-refractivity contribution is 9.10. The molecule has 1 amide bonds. The molecule has 110 valence electrons. The summed E-state index contributed by atoms with van der Waals surface area (Å²) >= 11 is 3.38. The average Bonchev–Trinajstić information content (AvgIpc) is 2.49. The van der Waals surface area contributed by atoms with Crippen molar-refractivity contribution in [3.8, 4) is 6.07 Å². The summed E-state index contributed by atoms with van der Waals surface area (Å²) in [6.07, 6.45) is 6.99. The third-order valence-electron chi connectivity index (χ3n) is 3.51. The maximum Gasteiger partial charge on any atom is 0.263 e. The number of amides is 1. The molecule has 0 unspecified atom stereocenters. The number of benzene rings is 1. The van der Waals surface area contributed by atoms with Crippen molar-refractivity contribution in [2.24, 2.45) is 0 Å². The fraction of sp³-hybridized carbons (Fsp3) is 0.375. The van der Waals surface area contributed by atoms with Crippen LogP contribution in [0.1, 0.15) is 32.1 Å². The number of anilines is 1. The average molecular weight is 348 g/mol. The maximum absolute atomic E-state index is 12.1. The lowest BCUT2D eigenvalue weighted by Gasteiger charge is -2.22. The van der Waals surface area contributed by atoms with Gasteiger partial charge in [0.1, 0.15) is 11.6 Å². The van der Waals surface area contributed by atoms with E-state index < -0.39 is 0 Å². The Kier molecular flexibility index (Phi) is 5.82. The van der Waals surface area contributed by atoms with Crippen LogP contribution in [0.25, 0.3) is 0 Å². The summed E-state index contributed by atoms with van der Waals surface area (Å²) in [5, 5.41) is 15.0. The molecule has 2 rings (SSSR count). The molecule has 1 aromatic rings. The van der Waals surface area contributed by atoms with Gasteiger partial charge in [0, 0.05) is 22.4 Å². The van der Waals surface area contributed by atoms with E-state index in [0.29, 0.717) is 0 Å². The third kappa shape index (κ3) is 4.91. The van der Waals surface area contributed by atoms with E-state index in [-0.39, 0.29) is 17.5 Å². The van der Waals surface area contributed by atoms with Crippen molar-refractivity contribution in [3.63, 3.8) is 0 Å². The first-order valence-electron chi connectivity index (χ1n) is 7.12. The van der Waals surface area contributed by atoms with Gasteiger partial charge in [0.15, 0.2) is 0 Å². The second-order valence-electron chi connectivity index (χ2n) is 5.13. The summed E-state index contributed by atoms with van der Waals surface area (Å²) in [7, 11) is 0. The lowest BCUT2D eigenvalue weighted by atomic mass is 9.95. The predicted molar refractivity (Wildman–Crippen MR) is 86.5 cm³/mol. The van der Waals surface area contributed by atoms with E-state index in [4.69, 9.17) is 5.26 Å². The summed E-state index contributed by atoms with van der Waals surface area (Å²) in [6.45, 7) is 0. The van der Waals surface area contributed by atoms with E-state index in [0.717, 1.165) is 35.8 Å². The molecule has 0 aliphatic heterocycles. The Morgan fingerprint density at radius 3 is 2.76 bits per heavy atom. The maximum atomic E-state index is 12.1. The molecule has 0 heterocycles. The van der Waals surface area contributed by atoms with Gasteiger partial charge in [0.2, 0.25) is 0 Å². The van der Waals surface area contributed by atoms with Crippen molar-refractivity contribution < 1.29 is 4.79 Å². The Balaban J connectivity index is 1.96. The van der Waals surface area contributed by atoms with Crippen LogP contribution in [0.2, 0.25) is 0 Å². The van der Waals surface area contributed by atoms with Gasteiger partial charge in [-0.1, -0.05) is 41.3 Å². The number of carbonyl (C=O) groups excluding carboxylic acids is 1. The largest absolute Gasteiger partial charge is 0.360 e. The van der Waals surface area contributed by atoms with Gasteiger partial charge in [-0.3, -0.25) is 4.79 Å². The molecule has 1 aliphatic carbocycles. The molecule has 2 N–H and O–H groups in total. The number of hydrogen-bond donors (Lipinski definition) is 2. The smallest absolute Gasteiger partial charge is 0.263 e. The number of rotatable bonds is 4. The first-order valence-corrected chi connectivity index (χ1v) is 7.91. The molecule has 0 saturated heterocycles. The van der Waals surface area contributed by atoms with Crippen molar-refractivity contribution >= 4 is 27.5 Å². The van der Waals surface area contributed by atoms with Crippen LogP contribution in [-0.2, 0) is 4.79 Å². The van der Waals surface area contributed by atoms with Crippen molar-refractivity contribution in [2.75, 3.05) is 5.32 Å². The zero-order valence-corrected chi connectivity index (χ0v) is 13.3. The van der Waals surface area contributed by atoms with Crippen molar-refractivity contribution in [2.45, 2.75) is 38.1 Å². The molecule has 0 radical (unpaired) electrons. The van der Waals surface area contributed by atoms with E-state index in [1.165, 1.54) is 12.6 Å². The molecule has 5 heteroatoms. The van der Waals surface area contributed by atoms with Crippen LogP contribution >= 0.6 is 15.9 Å². The van der Waals surface area contributed by atoms with Gasteiger partial charge >= 0.3 is 0 Å². The molecule has 0 aromatic heterocycles. The first-order chi connectivity index (χ1) is 10.2. The highest BCUT2D eigenvalue weighted by Gasteiger charge is 2.17. The first kappa shape index (κ1) is 15.6. The number of hydrogen-bond acceptors (Lipinski definition) is 3. The van der Waals surface area contributed by atoms with Crippen LogP contribution < -0.4 is 10.6 Å². The molecule has 1 fully saturated rings. The third-order valence-corrected chi connectivity index (χ3v) is 4.01. The minimum Gasteiger partial charge on any atom is -0.360 e. The molecule has 1 aromatic carbocycles. The fourth-order valence-corrected chi connectivity index (χ4v) is 2.79. The molecule has 0 bridgehead atoms. The zero-order valence-electron chi connectivity index (χ0n) is 11.7. The number of nitriles is 1. The van der Waals surface area contributed by atoms with Crippen LogP contribution in [0, 0.1) is 11.3 Å². The van der Waals surface area contributed by atoms with Gasteiger partial charge in [-0.15, -0.1) is 0 Å². The topological polar surface area (TPSA) is 64.9 Å². The molecule has 4 nitrogen and oxygen atoms in total. The summed E-state index contributed by atoms with van der Waals surface area (Å²) in [4.78, 5) is 12.1. The fourth-order valence-electron chi connectivity index (χ4n) is 2.39. The van der Waals surface area contributed by atoms with Crippen molar-refractivity contribution in [3.05, 3.63) is 40.5 Å². The quantitative estimate of drug-likeness (QED) is 0.644. The van der Waals surface area contributed by atoms with Crippen LogP contribution in [0.4, 0.5) is 5.69 Å². The second kappa shape index (κ2) is 7.84. The normalized spacial score (nSPS) is 16.1. The van der Waals surface area contributed by atoms with Crippen molar-refractivity contribution in [1.82, 2.24) is 5.32 Å². The molecule has 0 spiro atoms. The number of nitrogens with one attached hydrogen (secondary N) is 2. The standard InChI is InChI=1S/C16H18BrN3O/c17-13-5-4-8-15(9-13)19-11-12(10-18)16(21)20-14-6-2-1-3-7-14/h4-5,8-9,11,14,19H,1-3,6-7H2,(H,20,21)/b12-11-. The minimum atomic E-state index is -0.299. The van der Waals surface area contributed by atoms with E-state index in [9.17, 15) is 4.79 Å². The minimum absolute atomic E-state index is 0.0977. The van der Waals surface area contributed by atoms with Crippen LogP contribution in [0.15, 0.2) is 40.5 Å². The molecular formula is C16H18BrN3O. The second-order valence-corrected chi connectivity index (χ2v) is 6.05. The van der Waals surface area contributed by atoms with E-state index in [2.05, 4.69) is 26.6 Å². The SMILES string of the molecule is N#C/C(=C/Nc1cccc(Br)c1)C(=O)NC1CCCCC1. The van der Waals surface area contributed by atoms with E-state index in [1.807, 2.05) is 30.3 Å². The highest BCUT2D eigenvalue weighted by Crippen LogP contribution is 2.18. The highest BCUT2D eigenvalue weighted by atomic mass is 79.9. The Bertz CT molecular complexity index is 571. The number of nitrogens with zero attached hydrogens (tertiary/aromatic N) is 1. The van der Waals surface area contributed by atoms with Crippen LogP contribution in [-0.4, -0.2) is 11.9 Å². The zero-order chi connectivity index (χ0) is 15.1. The summed E-state index contributed by atoms with van der Waals surface area (Å²) in [6, 6.07) is 9.70. The Morgan fingerprint density at radius 2 is 2.10 bits per heavy atom. The van der Waals surface area contributed by atoms with Gasteiger partial charge < -0.3 is 10.6 Å². The molecule has 1 aliphatic rings. The monoisotopic (exact) mass is 347 g/mol. The van der Waals surface area contributed by atoms with Crippen molar-refractivity contribution in [1.29, 1.82) is 5.26 Å². The summed E-state index contributed by atoms with van der Waals surface area (Å²) in [5.74, 6) is -0.299. The van der Waals surface area contributed by atoms with Gasteiger partial charge in [-0.2, -0.15) is 5.26 Å². The molecular weight excluding hydrogens is 330 g/mol. The summed E-state index contributed by atoms with van der Waals surface area (Å²) in [5.41, 5.74) is 0.920. The van der Waals surface area contributed by atoms with E-state index in [1.54, 1.807) is 0 Å². The lowest BCUT2D eigenvalue weighted by molar-refractivity contribution is -0.118. The van der Waals surface area contributed by atoms with Crippen LogP contribution in [0.5, 0.6) is 0 Å². The Morgan fingerprint density at radius 1 is 1.33 bits per heavy atom. The molecule has 0 atom stereocenters.